The number of phenolic OH excluding ortho intramolecular Hbond substituents is 2. The SMILES string of the molecule is CC(C)(Cc1cccc(CC(=O)NCc2ccc3cc(O)ccc3c2)c1)NC[C@@H](O)c1ccc(O)c(NS(C)(=O)=O)c1. The van der Waals surface area contributed by atoms with Crippen LogP contribution in [-0.2, 0) is 34.2 Å². The summed E-state index contributed by atoms with van der Waals surface area (Å²) in [7, 11) is -3.59. The van der Waals surface area contributed by atoms with E-state index in [1.165, 1.54) is 12.1 Å². The Kier molecular flexibility index (Phi) is 9.40. The molecule has 0 radical (unpaired) electrons. The van der Waals surface area contributed by atoms with E-state index in [0.717, 1.165) is 33.7 Å². The summed E-state index contributed by atoms with van der Waals surface area (Å²) in [6.45, 7) is 4.63. The maximum atomic E-state index is 12.7. The van der Waals surface area contributed by atoms with E-state index in [4.69, 9.17) is 0 Å². The molecule has 0 aliphatic heterocycles. The summed E-state index contributed by atoms with van der Waals surface area (Å²) in [6, 6.07) is 23.2. The van der Waals surface area contributed by atoms with Crippen molar-refractivity contribution in [2.75, 3.05) is 17.5 Å². The van der Waals surface area contributed by atoms with Gasteiger partial charge in [-0.15, -0.1) is 0 Å². The minimum Gasteiger partial charge on any atom is -0.508 e. The average Bonchev–Trinajstić information content (AvgIpc) is 2.91. The van der Waals surface area contributed by atoms with Crippen molar-refractivity contribution >= 4 is 32.4 Å². The number of aliphatic hydroxyl groups excluding tert-OH is 1. The van der Waals surface area contributed by atoms with Gasteiger partial charge in [-0.25, -0.2) is 8.42 Å². The highest BCUT2D eigenvalue weighted by atomic mass is 32.2. The Bertz CT molecular complexity index is 1690. The van der Waals surface area contributed by atoms with Crippen LogP contribution in [0.4, 0.5) is 5.69 Å². The van der Waals surface area contributed by atoms with Crippen LogP contribution in [0.3, 0.4) is 0 Å². The van der Waals surface area contributed by atoms with Gasteiger partial charge in [-0.3, -0.25) is 9.52 Å². The molecule has 4 aromatic rings. The third-order valence-corrected chi connectivity index (χ3v) is 7.45. The number of carbonyl (C=O) groups excluding carboxylic acids is 1. The van der Waals surface area contributed by atoms with E-state index in [-0.39, 0.29) is 36.1 Å². The molecule has 0 spiro atoms. The van der Waals surface area contributed by atoms with Gasteiger partial charge in [0.1, 0.15) is 11.5 Å². The predicted octanol–water partition coefficient (Wildman–Crippen LogP) is 4.13. The first kappa shape index (κ1) is 30.8. The molecule has 0 heterocycles. The van der Waals surface area contributed by atoms with Gasteiger partial charge < -0.3 is 26.0 Å². The van der Waals surface area contributed by atoms with Crippen molar-refractivity contribution in [2.24, 2.45) is 0 Å². The van der Waals surface area contributed by atoms with Crippen LogP contribution in [0, 0.1) is 0 Å². The Balaban J connectivity index is 1.30. The van der Waals surface area contributed by atoms with Crippen molar-refractivity contribution in [3.8, 4) is 11.5 Å². The molecule has 0 aromatic heterocycles. The van der Waals surface area contributed by atoms with Crippen LogP contribution in [0.15, 0.2) is 78.9 Å². The number of anilines is 1. The van der Waals surface area contributed by atoms with E-state index in [9.17, 15) is 28.5 Å². The van der Waals surface area contributed by atoms with Crippen molar-refractivity contribution in [1.29, 1.82) is 0 Å². The Morgan fingerprint density at radius 1 is 0.881 bits per heavy atom. The summed E-state index contributed by atoms with van der Waals surface area (Å²) in [5, 5.41) is 38.6. The van der Waals surface area contributed by atoms with Crippen molar-refractivity contribution in [3.05, 3.63) is 101 Å². The van der Waals surface area contributed by atoms with Gasteiger partial charge in [0.05, 0.1) is 24.5 Å². The van der Waals surface area contributed by atoms with Gasteiger partial charge in [0, 0.05) is 18.6 Å². The standard InChI is InChI=1S/C32H37N3O6S/c1-32(2,34-20-30(38)26-10-12-29(37)28(17-26)35-42(3,40)41)18-22-6-4-5-21(13-22)15-31(39)33-19-23-7-8-25-16-27(36)11-9-24(25)14-23/h4-14,16-17,30,34-38H,15,18-20H2,1-3H3,(H,33,39)/t30-/m1/s1. The van der Waals surface area contributed by atoms with E-state index >= 15 is 0 Å². The molecule has 6 N–H and O–H groups in total. The van der Waals surface area contributed by atoms with Gasteiger partial charge in [-0.05, 0) is 83.6 Å². The molecular formula is C32H37N3O6S. The highest BCUT2D eigenvalue weighted by Crippen LogP contribution is 2.28. The molecular weight excluding hydrogens is 554 g/mol. The number of benzene rings is 4. The zero-order valence-corrected chi connectivity index (χ0v) is 24.7. The van der Waals surface area contributed by atoms with Crippen LogP contribution in [0.5, 0.6) is 11.5 Å². The van der Waals surface area contributed by atoms with Crippen molar-refractivity contribution in [1.82, 2.24) is 10.6 Å². The van der Waals surface area contributed by atoms with Gasteiger partial charge in [0.25, 0.3) is 0 Å². The number of hydrogen-bond donors (Lipinski definition) is 6. The van der Waals surface area contributed by atoms with Crippen molar-refractivity contribution in [3.63, 3.8) is 0 Å². The topological polar surface area (TPSA) is 148 Å². The van der Waals surface area contributed by atoms with Gasteiger partial charge in [-0.1, -0.05) is 48.5 Å². The molecule has 0 fully saturated rings. The van der Waals surface area contributed by atoms with E-state index in [0.29, 0.717) is 18.5 Å². The fourth-order valence-electron chi connectivity index (χ4n) is 4.80. The summed E-state index contributed by atoms with van der Waals surface area (Å²) in [5.74, 6) is -0.0950. The Hall–Kier alpha value is -4.12. The van der Waals surface area contributed by atoms with Crippen molar-refractivity contribution < 1.29 is 28.5 Å². The second-order valence-corrected chi connectivity index (χ2v) is 13.0. The molecule has 1 atom stereocenters. The maximum Gasteiger partial charge on any atom is 0.229 e. The quantitative estimate of drug-likeness (QED) is 0.136. The molecule has 0 unspecified atom stereocenters. The maximum absolute atomic E-state index is 12.7. The summed E-state index contributed by atoms with van der Waals surface area (Å²) >= 11 is 0. The number of sulfonamides is 1. The lowest BCUT2D eigenvalue weighted by Crippen LogP contribution is -2.43. The van der Waals surface area contributed by atoms with Gasteiger partial charge in [0.15, 0.2) is 0 Å². The summed E-state index contributed by atoms with van der Waals surface area (Å²) in [6.07, 6.45) is 0.932. The lowest BCUT2D eigenvalue weighted by atomic mass is 9.93. The minimum absolute atomic E-state index is 0.00701. The van der Waals surface area contributed by atoms with Gasteiger partial charge in [0.2, 0.25) is 15.9 Å². The van der Waals surface area contributed by atoms with Crippen LogP contribution >= 0.6 is 0 Å². The summed E-state index contributed by atoms with van der Waals surface area (Å²) in [5.41, 5.74) is 2.96. The number of phenols is 2. The van der Waals surface area contributed by atoms with Gasteiger partial charge >= 0.3 is 0 Å². The molecule has 0 aliphatic carbocycles. The molecule has 0 saturated heterocycles. The fourth-order valence-corrected chi connectivity index (χ4v) is 5.36. The third-order valence-electron chi connectivity index (χ3n) is 6.85. The van der Waals surface area contributed by atoms with Gasteiger partial charge in [-0.2, -0.15) is 0 Å². The molecule has 42 heavy (non-hydrogen) atoms. The number of amides is 1. The highest BCUT2D eigenvalue weighted by Gasteiger charge is 2.21. The number of hydrogen-bond acceptors (Lipinski definition) is 7. The first-order chi connectivity index (χ1) is 19.8. The van der Waals surface area contributed by atoms with E-state index in [2.05, 4.69) is 15.4 Å². The number of aromatic hydroxyl groups is 2. The molecule has 9 nitrogen and oxygen atoms in total. The Morgan fingerprint density at radius 3 is 2.36 bits per heavy atom. The van der Waals surface area contributed by atoms with Crippen LogP contribution in [0.1, 0.15) is 42.2 Å². The number of nitrogens with one attached hydrogen (secondary N) is 3. The molecule has 0 saturated carbocycles. The Morgan fingerprint density at radius 2 is 1.60 bits per heavy atom. The molecule has 1 amide bonds. The van der Waals surface area contributed by atoms with E-state index < -0.39 is 21.7 Å². The van der Waals surface area contributed by atoms with Crippen molar-refractivity contribution in [2.45, 2.75) is 44.9 Å². The second kappa shape index (κ2) is 12.8. The van der Waals surface area contributed by atoms with Crippen LogP contribution in [-0.4, -0.2) is 48.0 Å². The summed E-state index contributed by atoms with van der Waals surface area (Å²) < 4.78 is 25.4. The zero-order valence-electron chi connectivity index (χ0n) is 23.9. The first-order valence-electron chi connectivity index (χ1n) is 13.6. The minimum atomic E-state index is -3.59. The number of aliphatic hydroxyl groups is 1. The number of β-amino-alcohol motifs (C(OH)–C–C–N with tert-alkyl or cyclic N) is 1. The Labute approximate surface area is 246 Å². The van der Waals surface area contributed by atoms with Crippen LogP contribution in [0.25, 0.3) is 10.8 Å². The molecule has 0 bridgehead atoms. The average molecular weight is 592 g/mol. The number of rotatable bonds is 12. The largest absolute Gasteiger partial charge is 0.508 e. The lowest BCUT2D eigenvalue weighted by molar-refractivity contribution is -0.120. The van der Waals surface area contributed by atoms with Crippen LogP contribution < -0.4 is 15.4 Å². The molecule has 10 heteroatoms. The van der Waals surface area contributed by atoms with E-state index in [1.54, 1.807) is 18.2 Å². The third kappa shape index (κ3) is 8.94. The molecule has 222 valence electrons. The normalized spacial score (nSPS) is 12.7. The number of carbonyl (C=O) groups is 1. The predicted molar refractivity (Wildman–Crippen MR) is 165 cm³/mol. The fraction of sp³-hybridized carbons (Fsp3) is 0.281. The van der Waals surface area contributed by atoms with E-state index in [1.807, 2.05) is 62.4 Å². The molecule has 4 rings (SSSR count). The molecule has 0 aliphatic rings. The van der Waals surface area contributed by atoms with Crippen LogP contribution in [0.2, 0.25) is 0 Å². The monoisotopic (exact) mass is 591 g/mol. The number of fused-ring (bicyclic) bond motifs is 1. The molecule has 4 aromatic carbocycles. The first-order valence-corrected chi connectivity index (χ1v) is 15.5. The second-order valence-electron chi connectivity index (χ2n) is 11.2. The smallest absolute Gasteiger partial charge is 0.229 e. The highest BCUT2D eigenvalue weighted by molar-refractivity contribution is 7.92. The summed E-state index contributed by atoms with van der Waals surface area (Å²) in [4.78, 5) is 12.7. The lowest BCUT2D eigenvalue weighted by Gasteiger charge is -2.28. The zero-order chi connectivity index (χ0) is 30.5.